The molecule has 0 saturated heterocycles. The van der Waals surface area contributed by atoms with Crippen molar-refractivity contribution in [2.75, 3.05) is 0 Å². The second-order valence-corrected chi connectivity index (χ2v) is 5.43. The molecule has 6 heteroatoms. The maximum atomic E-state index is 6.40. The van der Waals surface area contributed by atoms with E-state index in [1.807, 2.05) is 26.0 Å². The van der Waals surface area contributed by atoms with Gasteiger partial charge in [0.1, 0.15) is 11.0 Å². The van der Waals surface area contributed by atoms with Crippen LogP contribution in [0.1, 0.15) is 11.1 Å². The van der Waals surface area contributed by atoms with E-state index in [1.54, 1.807) is 0 Å². The molecule has 0 unspecified atom stereocenters. The zero-order valence-electron chi connectivity index (χ0n) is 10.1. The number of rotatable bonds is 0. The molecule has 3 aromatic rings. The van der Waals surface area contributed by atoms with Gasteiger partial charge < -0.3 is 0 Å². The number of aromatic nitrogens is 3. The van der Waals surface area contributed by atoms with E-state index in [1.165, 1.54) is 0 Å². The number of fused-ring (bicyclic) bond motifs is 2. The Morgan fingerprint density at radius 1 is 0.842 bits per heavy atom. The fourth-order valence-corrected chi connectivity index (χ4v) is 2.68. The number of aryl methyl sites for hydroxylation is 2. The first kappa shape index (κ1) is 12.9. The topological polar surface area (TPSA) is 38.7 Å². The molecule has 0 N–H and O–H groups in total. The molecule has 0 amide bonds. The van der Waals surface area contributed by atoms with Crippen molar-refractivity contribution >= 4 is 56.7 Å². The highest BCUT2D eigenvalue weighted by Gasteiger charge is 2.14. The third-order valence-corrected chi connectivity index (χ3v) is 3.92. The minimum absolute atomic E-state index is 0.0596. The summed E-state index contributed by atoms with van der Waals surface area (Å²) >= 11 is 18.3. The van der Waals surface area contributed by atoms with Crippen molar-refractivity contribution in [2.45, 2.75) is 13.8 Å². The summed E-state index contributed by atoms with van der Waals surface area (Å²) in [6, 6.07) is 3.96. The van der Waals surface area contributed by atoms with Crippen molar-refractivity contribution < 1.29 is 0 Å². The van der Waals surface area contributed by atoms with E-state index in [9.17, 15) is 0 Å². The van der Waals surface area contributed by atoms with Crippen LogP contribution >= 0.6 is 34.8 Å². The van der Waals surface area contributed by atoms with Crippen molar-refractivity contribution in [3.05, 3.63) is 38.7 Å². The number of hydrogen-bond donors (Lipinski definition) is 0. The highest BCUT2D eigenvalue weighted by Crippen LogP contribution is 2.33. The van der Waals surface area contributed by atoms with Gasteiger partial charge >= 0.3 is 0 Å². The third-order valence-electron chi connectivity index (χ3n) is 3.10. The zero-order chi connectivity index (χ0) is 13.7. The van der Waals surface area contributed by atoms with E-state index in [4.69, 9.17) is 34.8 Å². The Morgan fingerprint density at radius 3 is 2.26 bits per heavy atom. The highest BCUT2D eigenvalue weighted by atomic mass is 35.5. The monoisotopic (exact) mass is 311 g/mol. The summed E-state index contributed by atoms with van der Waals surface area (Å²) in [7, 11) is 0. The quantitative estimate of drug-likeness (QED) is 0.341. The molecule has 3 nitrogen and oxygen atoms in total. The first-order valence-corrected chi connectivity index (χ1v) is 6.70. The van der Waals surface area contributed by atoms with Crippen molar-refractivity contribution in [1.29, 1.82) is 0 Å². The Bertz CT molecular complexity index is 831. The molecule has 0 atom stereocenters. The van der Waals surface area contributed by atoms with Gasteiger partial charge in [0, 0.05) is 5.39 Å². The van der Waals surface area contributed by atoms with E-state index < -0.39 is 0 Å². The SMILES string of the molecule is Cc1cc2nc3c(Cl)nc(Cl)nc3c(Cl)c2cc1C. The molecule has 19 heavy (non-hydrogen) atoms. The van der Waals surface area contributed by atoms with Gasteiger partial charge in [-0.15, -0.1) is 0 Å². The molecule has 0 aliphatic carbocycles. The van der Waals surface area contributed by atoms with E-state index in [2.05, 4.69) is 15.0 Å². The van der Waals surface area contributed by atoms with Crippen LogP contribution in [0.3, 0.4) is 0 Å². The summed E-state index contributed by atoms with van der Waals surface area (Å²) in [5.74, 6) is 0. The molecule has 0 bridgehead atoms. The Labute approximate surface area is 124 Å². The lowest BCUT2D eigenvalue weighted by Crippen LogP contribution is -1.93. The summed E-state index contributed by atoms with van der Waals surface area (Å²) in [6.07, 6.45) is 0. The zero-order valence-corrected chi connectivity index (χ0v) is 12.4. The van der Waals surface area contributed by atoms with Crippen LogP contribution < -0.4 is 0 Å². The number of benzene rings is 1. The first-order valence-electron chi connectivity index (χ1n) is 5.56. The van der Waals surface area contributed by atoms with E-state index >= 15 is 0 Å². The summed E-state index contributed by atoms with van der Waals surface area (Å²) in [6.45, 7) is 4.05. The number of pyridine rings is 1. The first-order chi connectivity index (χ1) is 8.97. The lowest BCUT2D eigenvalue weighted by atomic mass is 10.1. The molecule has 0 radical (unpaired) electrons. The van der Waals surface area contributed by atoms with Crippen LogP contribution in [0.2, 0.25) is 15.5 Å². The number of nitrogens with zero attached hydrogens (tertiary/aromatic N) is 3. The molecular formula is C13H8Cl3N3. The molecular weight excluding hydrogens is 305 g/mol. The van der Waals surface area contributed by atoms with Crippen LogP contribution in [0.25, 0.3) is 21.9 Å². The fraction of sp³-hybridized carbons (Fsp3) is 0.154. The van der Waals surface area contributed by atoms with Crippen LogP contribution in [0, 0.1) is 13.8 Å². The standard InChI is InChI=1S/C13H8Cl3N3/c1-5-3-7-8(4-6(5)2)17-11-10(9(7)14)18-13(16)19-12(11)15/h3-4H,1-2H3. The smallest absolute Gasteiger partial charge is 0.224 e. The van der Waals surface area contributed by atoms with Gasteiger partial charge in [0.2, 0.25) is 5.28 Å². The minimum Gasteiger partial charge on any atom is -0.243 e. The van der Waals surface area contributed by atoms with E-state index in [0.29, 0.717) is 16.1 Å². The third kappa shape index (κ3) is 2.02. The maximum Gasteiger partial charge on any atom is 0.224 e. The minimum atomic E-state index is 0.0596. The lowest BCUT2D eigenvalue weighted by molar-refractivity contribution is 1.21. The van der Waals surface area contributed by atoms with Crippen LogP contribution in [-0.2, 0) is 0 Å². The number of halogens is 3. The Kier molecular flexibility index (Phi) is 3.01. The number of hydrogen-bond acceptors (Lipinski definition) is 3. The van der Waals surface area contributed by atoms with Gasteiger partial charge in [0.15, 0.2) is 5.15 Å². The molecule has 0 fully saturated rings. The maximum absolute atomic E-state index is 6.40. The van der Waals surface area contributed by atoms with E-state index in [0.717, 1.165) is 22.0 Å². The molecule has 0 aliphatic rings. The predicted octanol–water partition coefficient (Wildman–Crippen LogP) is 4.76. The molecule has 96 valence electrons. The van der Waals surface area contributed by atoms with Crippen LogP contribution in [-0.4, -0.2) is 15.0 Å². The molecule has 2 heterocycles. The summed E-state index contributed by atoms with van der Waals surface area (Å²) in [5.41, 5.74) is 3.99. The fourth-order valence-electron chi connectivity index (χ4n) is 1.97. The molecule has 0 aliphatic heterocycles. The second kappa shape index (κ2) is 4.44. The predicted molar refractivity (Wildman–Crippen MR) is 79.3 cm³/mol. The van der Waals surface area contributed by atoms with Gasteiger partial charge in [-0.25, -0.2) is 15.0 Å². The molecule has 0 spiro atoms. The summed E-state index contributed by atoms with van der Waals surface area (Å²) < 4.78 is 0. The summed E-state index contributed by atoms with van der Waals surface area (Å²) in [5, 5.41) is 1.60. The van der Waals surface area contributed by atoms with Gasteiger partial charge in [-0.2, -0.15) is 0 Å². The van der Waals surface area contributed by atoms with Crippen LogP contribution in [0.4, 0.5) is 0 Å². The van der Waals surface area contributed by atoms with Gasteiger partial charge in [-0.05, 0) is 48.7 Å². The molecule has 2 aromatic heterocycles. The van der Waals surface area contributed by atoms with Gasteiger partial charge in [-0.1, -0.05) is 23.2 Å². The lowest BCUT2D eigenvalue weighted by Gasteiger charge is -2.08. The van der Waals surface area contributed by atoms with Crippen LogP contribution in [0.15, 0.2) is 12.1 Å². The Balaban J connectivity index is 2.56. The summed E-state index contributed by atoms with van der Waals surface area (Å²) in [4.78, 5) is 12.5. The highest BCUT2D eigenvalue weighted by molar-refractivity contribution is 6.42. The van der Waals surface area contributed by atoms with Gasteiger partial charge in [0.05, 0.1) is 10.5 Å². The Hall–Kier alpha value is -1.16. The average Bonchev–Trinajstić information content (AvgIpc) is 2.34. The van der Waals surface area contributed by atoms with Crippen LogP contribution in [0.5, 0.6) is 0 Å². The molecule has 3 rings (SSSR count). The molecule has 0 saturated carbocycles. The van der Waals surface area contributed by atoms with E-state index in [-0.39, 0.29) is 10.4 Å². The second-order valence-electron chi connectivity index (χ2n) is 4.36. The largest absolute Gasteiger partial charge is 0.243 e. The van der Waals surface area contributed by atoms with Gasteiger partial charge in [0.25, 0.3) is 0 Å². The Morgan fingerprint density at radius 2 is 1.53 bits per heavy atom. The normalized spacial score (nSPS) is 11.4. The van der Waals surface area contributed by atoms with Crippen molar-refractivity contribution in [3.63, 3.8) is 0 Å². The van der Waals surface area contributed by atoms with Gasteiger partial charge in [-0.3, -0.25) is 0 Å². The average molecular weight is 313 g/mol. The van der Waals surface area contributed by atoms with Crippen molar-refractivity contribution in [1.82, 2.24) is 15.0 Å². The molecule has 1 aromatic carbocycles. The van der Waals surface area contributed by atoms with Crippen molar-refractivity contribution in [2.24, 2.45) is 0 Å². The van der Waals surface area contributed by atoms with Crippen molar-refractivity contribution in [3.8, 4) is 0 Å².